The van der Waals surface area contributed by atoms with Gasteiger partial charge in [-0.05, 0) is 37.6 Å². The van der Waals surface area contributed by atoms with Crippen molar-refractivity contribution in [3.05, 3.63) is 76.2 Å². The fraction of sp³-hybridized carbons (Fsp3) is 0.467. The molecule has 0 fully saturated rings. The van der Waals surface area contributed by atoms with Crippen LogP contribution in [0.15, 0.2) is 60.2 Å². The molecule has 1 N–H and O–H groups in total. The summed E-state index contributed by atoms with van der Waals surface area (Å²) >= 11 is 1.73. The first kappa shape index (κ1) is 30.0. The second kappa shape index (κ2) is 17.3. The van der Waals surface area contributed by atoms with E-state index in [-0.39, 0.29) is 22.9 Å². The van der Waals surface area contributed by atoms with Gasteiger partial charge in [-0.1, -0.05) is 100 Å². The molecule has 0 bridgehead atoms. The van der Waals surface area contributed by atoms with E-state index in [1.807, 2.05) is 42.5 Å². The van der Waals surface area contributed by atoms with Gasteiger partial charge in [-0.15, -0.1) is 0 Å². The molecule has 4 nitrogen and oxygen atoms in total. The molecular weight excluding hydrogens is 532 g/mol. The number of hydrogen-bond donors (Lipinski definition) is 1. The van der Waals surface area contributed by atoms with Gasteiger partial charge in [-0.2, -0.15) is 4.57 Å². The summed E-state index contributed by atoms with van der Waals surface area (Å²) in [7, 11) is 0. The average Bonchev–Trinajstić information content (AvgIpc) is 3.27. The summed E-state index contributed by atoms with van der Waals surface area (Å²) in [6.07, 6.45) is 15.1. The van der Waals surface area contributed by atoms with Gasteiger partial charge in [0.25, 0.3) is 5.91 Å². The summed E-state index contributed by atoms with van der Waals surface area (Å²) < 4.78 is 8.17. The van der Waals surface area contributed by atoms with Crippen molar-refractivity contribution in [3.8, 4) is 5.75 Å². The van der Waals surface area contributed by atoms with Crippen molar-refractivity contribution in [2.45, 2.75) is 84.6 Å². The Morgan fingerprint density at radius 1 is 0.917 bits per heavy atom. The highest BCUT2D eigenvalue weighted by atomic mass is 79.9. The van der Waals surface area contributed by atoms with Crippen LogP contribution >= 0.6 is 11.3 Å². The zero-order chi connectivity index (χ0) is 24.7. The Kier molecular flexibility index (Phi) is 14.4. The molecular formula is C30H41BrN2O2S. The topological polar surface area (TPSA) is 42.2 Å². The van der Waals surface area contributed by atoms with Gasteiger partial charge >= 0.3 is 0 Å². The number of hydrogen-bond acceptors (Lipinski definition) is 3. The third-order valence-electron chi connectivity index (χ3n) is 6.16. The normalized spacial score (nSPS) is 10.6. The summed E-state index contributed by atoms with van der Waals surface area (Å²) in [5, 5.41) is 3.05. The van der Waals surface area contributed by atoms with Gasteiger partial charge in [0.2, 0.25) is 5.51 Å². The molecule has 0 spiro atoms. The molecule has 0 aliphatic heterocycles. The van der Waals surface area contributed by atoms with E-state index in [4.69, 9.17) is 4.74 Å². The molecule has 1 aromatic heterocycles. The highest BCUT2D eigenvalue weighted by Gasteiger charge is 2.13. The predicted molar refractivity (Wildman–Crippen MR) is 147 cm³/mol. The van der Waals surface area contributed by atoms with E-state index in [9.17, 15) is 4.79 Å². The molecule has 1 heterocycles. The lowest BCUT2D eigenvalue weighted by Gasteiger charge is -2.12. The van der Waals surface area contributed by atoms with Gasteiger partial charge in [0.15, 0.2) is 12.7 Å². The molecule has 3 aromatic rings. The van der Waals surface area contributed by atoms with Gasteiger partial charge in [-0.25, -0.2) is 0 Å². The fourth-order valence-electron chi connectivity index (χ4n) is 4.24. The molecule has 3 rings (SSSR count). The van der Waals surface area contributed by atoms with Crippen LogP contribution in [0, 0.1) is 6.92 Å². The van der Waals surface area contributed by atoms with E-state index in [0.29, 0.717) is 17.9 Å². The first-order chi connectivity index (χ1) is 17.2. The standard InChI is InChI=1S/C30H40N2O2S.BrH/c1-3-4-5-6-7-8-9-10-11-14-20-34-29-19-13-12-18-28(29)30(33)31-27-17-15-16-26(21-27)23-32-22-25(2)35-24-32;/h12-13,15-19,21-22,24H,3-11,14,20,23H2,1-2H3;1H. The Bertz CT molecular complexity index is 1040. The summed E-state index contributed by atoms with van der Waals surface area (Å²) in [5.41, 5.74) is 4.64. The number of unbranched alkanes of at least 4 members (excludes halogenated alkanes) is 9. The van der Waals surface area contributed by atoms with Crippen molar-refractivity contribution in [2.24, 2.45) is 0 Å². The number of anilines is 1. The van der Waals surface area contributed by atoms with Crippen LogP contribution < -0.4 is 31.6 Å². The number of aryl methyl sites for hydroxylation is 1. The van der Waals surface area contributed by atoms with Gasteiger partial charge in [0, 0.05) is 11.3 Å². The number of nitrogens with one attached hydrogen (secondary N) is 1. The lowest BCUT2D eigenvalue weighted by atomic mass is 10.1. The van der Waals surface area contributed by atoms with Crippen LogP contribution in [0.25, 0.3) is 0 Å². The molecule has 2 aromatic carbocycles. The molecule has 0 saturated carbocycles. The Morgan fingerprint density at radius 2 is 1.61 bits per heavy atom. The van der Waals surface area contributed by atoms with Gasteiger partial charge in [-0.3, -0.25) is 4.79 Å². The Morgan fingerprint density at radius 3 is 2.31 bits per heavy atom. The van der Waals surface area contributed by atoms with Crippen LogP contribution in [0.2, 0.25) is 0 Å². The van der Waals surface area contributed by atoms with Gasteiger partial charge in [0.1, 0.15) is 5.75 Å². The SMILES string of the molecule is CCCCCCCCCCCCOc1ccccc1C(=O)Nc1cccc(C[n+]2csc(C)c2)c1.[Br-]. The molecule has 1 amide bonds. The minimum Gasteiger partial charge on any atom is -1.00 e. The zero-order valence-corrected chi connectivity index (χ0v) is 24.2. The highest BCUT2D eigenvalue weighted by Crippen LogP contribution is 2.21. The third-order valence-corrected chi connectivity index (χ3v) is 7.01. The first-order valence-electron chi connectivity index (χ1n) is 13.2. The number of carbonyl (C=O) groups excluding carboxylic acids is 1. The number of rotatable bonds is 16. The smallest absolute Gasteiger partial charge is 0.259 e. The Labute approximate surface area is 231 Å². The Balaban J connectivity index is 0.00000456. The van der Waals surface area contributed by atoms with Crippen molar-refractivity contribution >= 4 is 22.9 Å². The van der Waals surface area contributed by atoms with E-state index >= 15 is 0 Å². The fourth-order valence-corrected chi connectivity index (χ4v) is 4.87. The van der Waals surface area contributed by atoms with Crippen molar-refractivity contribution in [1.29, 1.82) is 0 Å². The van der Waals surface area contributed by atoms with Gasteiger partial charge in [0.05, 0.1) is 17.0 Å². The molecule has 6 heteroatoms. The molecule has 0 saturated heterocycles. The van der Waals surface area contributed by atoms with Crippen molar-refractivity contribution < 1.29 is 31.1 Å². The molecule has 0 aliphatic rings. The maximum absolute atomic E-state index is 13.0. The maximum Gasteiger partial charge on any atom is 0.259 e. The van der Waals surface area contributed by atoms with Crippen molar-refractivity contribution in [3.63, 3.8) is 0 Å². The minimum absolute atomic E-state index is 0. The largest absolute Gasteiger partial charge is 1.00 e. The number of ether oxygens (including phenoxy) is 1. The van der Waals surface area contributed by atoms with E-state index in [2.05, 4.69) is 41.5 Å². The summed E-state index contributed by atoms with van der Waals surface area (Å²) in [6.45, 7) is 5.80. The molecule has 196 valence electrons. The molecule has 36 heavy (non-hydrogen) atoms. The number of carbonyl (C=O) groups is 1. The number of amides is 1. The van der Waals surface area contributed by atoms with Crippen LogP contribution in [0.5, 0.6) is 5.75 Å². The van der Waals surface area contributed by atoms with Crippen molar-refractivity contribution in [2.75, 3.05) is 11.9 Å². The molecule has 0 atom stereocenters. The van der Waals surface area contributed by atoms with E-state index in [0.717, 1.165) is 24.2 Å². The molecule has 0 unspecified atom stereocenters. The van der Waals surface area contributed by atoms with Crippen LogP contribution in [0.4, 0.5) is 5.69 Å². The number of halogens is 1. The van der Waals surface area contributed by atoms with Gasteiger partial charge < -0.3 is 27.0 Å². The number of aromatic nitrogens is 1. The third kappa shape index (κ3) is 10.8. The molecule has 0 radical (unpaired) electrons. The number of benzene rings is 2. The van der Waals surface area contributed by atoms with E-state index in [1.54, 1.807) is 11.3 Å². The minimum atomic E-state index is -0.139. The second-order valence-corrected chi connectivity index (χ2v) is 10.4. The Hall–Kier alpha value is -2.18. The number of nitrogens with zero attached hydrogens (tertiary/aromatic N) is 1. The van der Waals surface area contributed by atoms with Crippen LogP contribution in [0.3, 0.4) is 0 Å². The van der Waals surface area contributed by atoms with E-state index < -0.39 is 0 Å². The summed E-state index contributed by atoms with van der Waals surface area (Å²) in [4.78, 5) is 14.3. The monoisotopic (exact) mass is 572 g/mol. The highest BCUT2D eigenvalue weighted by molar-refractivity contribution is 7.09. The lowest BCUT2D eigenvalue weighted by molar-refractivity contribution is -0.683. The number of thiazole rings is 1. The van der Waals surface area contributed by atoms with Crippen LogP contribution in [-0.2, 0) is 6.54 Å². The van der Waals surface area contributed by atoms with Crippen LogP contribution in [0.1, 0.15) is 91.9 Å². The predicted octanol–water partition coefficient (Wildman–Crippen LogP) is 4.95. The second-order valence-electron chi connectivity index (χ2n) is 9.32. The lowest BCUT2D eigenvalue weighted by Crippen LogP contribution is -3.00. The average molecular weight is 574 g/mol. The van der Waals surface area contributed by atoms with Crippen LogP contribution in [-0.4, -0.2) is 12.5 Å². The van der Waals surface area contributed by atoms with Crippen molar-refractivity contribution in [1.82, 2.24) is 0 Å². The summed E-state index contributed by atoms with van der Waals surface area (Å²) in [6, 6.07) is 15.6. The maximum atomic E-state index is 13.0. The quantitative estimate of drug-likeness (QED) is 0.195. The summed E-state index contributed by atoms with van der Waals surface area (Å²) in [5.74, 6) is 0.515. The zero-order valence-electron chi connectivity index (χ0n) is 21.8. The molecule has 0 aliphatic carbocycles. The van der Waals surface area contributed by atoms with E-state index in [1.165, 1.54) is 62.7 Å². The number of para-hydroxylation sites is 1. The first-order valence-corrected chi connectivity index (χ1v) is 14.1.